The summed E-state index contributed by atoms with van der Waals surface area (Å²) >= 11 is 11.9. The summed E-state index contributed by atoms with van der Waals surface area (Å²) in [5.41, 5.74) is 2.47. The lowest BCUT2D eigenvalue weighted by atomic mass is 10.1. The zero-order chi connectivity index (χ0) is 22.7. The first-order chi connectivity index (χ1) is 15.4. The van der Waals surface area contributed by atoms with Crippen molar-refractivity contribution >= 4 is 51.7 Å². The number of fused-ring (bicyclic) bond motifs is 1. The van der Waals surface area contributed by atoms with Gasteiger partial charge in [-0.25, -0.2) is 9.78 Å². The van der Waals surface area contributed by atoms with Gasteiger partial charge in [0, 0.05) is 27.3 Å². The fraction of sp³-hybridized carbons (Fsp3) is 0.0833. The zero-order valence-corrected chi connectivity index (χ0v) is 18.4. The molecule has 2 aromatic carbocycles. The van der Waals surface area contributed by atoms with Crippen LogP contribution in [0.2, 0.25) is 10.0 Å². The molecule has 0 radical (unpaired) electrons. The van der Waals surface area contributed by atoms with Crippen molar-refractivity contribution in [2.45, 2.75) is 13.0 Å². The van der Waals surface area contributed by atoms with Gasteiger partial charge in [0.1, 0.15) is 0 Å². The van der Waals surface area contributed by atoms with Crippen LogP contribution in [0.1, 0.15) is 17.3 Å². The van der Waals surface area contributed by atoms with Crippen LogP contribution in [0, 0.1) is 0 Å². The first-order valence-electron chi connectivity index (χ1n) is 9.70. The Labute approximate surface area is 194 Å². The van der Waals surface area contributed by atoms with Crippen molar-refractivity contribution in [3.8, 4) is 11.4 Å². The molecule has 0 fully saturated rings. The Hall–Kier alpha value is -3.48. The first kappa shape index (κ1) is 21.7. The molecule has 2 aromatic heterocycles. The summed E-state index contributed by atoms with van der Waals surface area (Å²) in [4.78, 5) is 34.5. The number of amides is 1. The highest BCUT2D eigenvalue weighted by molar-refractivity contribution is 6.35. The molecule has 4 rings (SSSR count). The lowest BCUT2D eigenvalue weighted by molar-refractivity contribution is -0.123. The van der Waals surface area contributed by atoms with Crippen LogP contribution >= 0.6 is 23.2 Å². The van der Waals surface area contributed by atoms with Crippen molar-refractivity contribution in [2.75, 3.05) is 5.32 Å². The number of halogens is 2. The predicted molar refractivity (Wildman–Crippen MR) is 125 cm³/mol. The van der Waals surface area contributed by atoms with Crippen molar-refractivity contribution in [3.05, 3.63) is 88.5 Å². The third-order valence-corrected chi connectivity index (χ3v) is 5.08. The van der Waals surface area contributed by atoms with Crippen LogP contribution in [-0.4, -0.2) is 27.9 Å². The zero-order valence-electron chi connectivity index (χ0n) is 16.9. The third-order valence-electron chi connectivity index (χ3n) is 4.65. The molecule has 1 amide bonds. The highest BCUT2D eigenvalue weighted by Crippen LogP contribution is 2.25. The van der Waals surface area contributed by atoms with Crippen LogP contribution in [-0.2, 0) is 9.53 Å². The summed E-state index contributed by atoms with van der Waals surface area (Å²) in [6.45, 7) is 1.49. The molecular weight excluding hydrogens is 449 g/mol. The number of aromatic nitrogens is 2. The van der Waals surface area contributed by atoms with E-state index in [1.54, 1.807) is 60.8 Å². The second-order valence-electron chi connectivity index (χ2n) is 6.98. The molecule has 0 aliphatic rings. The van der Waals surface area contributed by atoms with Gasteiger partial charge < -0.3 is 10.1 Å². The summed E-state index contributed by atoms with van der Waals surface area (Å²) < 4.78 is 5.46. The van der Waals surface area contributed by atoms with E-state index >= 15 is 0 Å². The number of rotatable bonds is 5. The standard InChI is InChI=1S/C24H17Cl2N3O3/c1-14(23(30)28-17-11-15(25)10-16(26)12-17)32-24(31)19-13-22(21-8-4-5-9-27-21)29-20-7-3-2-6-18(19)20/h2-14H,1H3,(H,28,30). The summed E-state index contributed by atoms with van der Waals surface area (Å²) in [6, 6.07) is 18.9. The van der Waals surface area contributed by atoms with Crippen molar-refractivity contribution in [2.24, 2.45) is 0 Å². The maximum Gasteiger partial charge on any atom is 0.339 e. The number of nitrogens with zero attached hydrogens (tertiary/aromatic N) is 2. The number of carbonyl (C=O) groups is 2. The highest BCUT2D eigenvalue weighted by atomic mass is 35.5. The van der Waals surface area contributed by atoms with Gasteiger partial charge >= 0.3 is 5.97 Å². The van der Waals surface area contributed by atoms with Crippen LogP contribution in [0.15, 0.2) is 72.9 Å². The largest absolute Gasteiger partial charge is 0.449 e. The Balaban J connectivity index is 1.59. The molecule has 8 heteroatoms. The average molecular weight is 466 g/mol. The molecule has 160 valence electrons. The number of para-hydroxylation sites is 1. The molecule has 0 aliphatic carbocycles. The topological polar surface area (TPSA) is 81.2 Å². The quantitative estimate of drug-likeness (QED) is 0.377. The van der Waals surface area contributed by atoms with Gasteiger partial charge in [-0.15, -0.1) is 0 Å². The number of hydrogen-bond acceptors (Lipinski definition) is 5. The minimum atomic E-state index is -1.06. The van der Waals surface area contributed by atoms with Crippen LogP contribution in [0.4, 0.5) is 5.69 Å². The maximum atomic E-state index is 13.0. The van der Waals surface area contributed by atoms with Crippen molar-refractivity contribution in [1.82, 2.24) is 9.97 Å². The second kappa shape index (κ2) is 9.34. The van der Waals surface area contributed by atoms with Gasteiger partial charge in [0.2, 0.25) is 0 Å². The monoisotopic (exact) mass is 465 g/mol. The molecule has 2 heterocycles. The summed E-state index contributed by atoms with van der Waals surface area (Å²) in [5.74, 6) is -1.16. The predicted octanol–water partition coefficient (Wildman–Crippen LogP) is 5.79. The van der Waals surface area contributed by atoms with Crippen LogP contribution < -0.4 is 5.32 Å². The highest BCUT2D eigenvalue weighted by Gasteiger charge is 2.22. The van der Waals surface area contributed by atoms with Gasteiger partial charge in [-0.3, -0.25) is 9.78 Å². The average Bonchev–Trinajstić information content (AvgIpc) is 2.78. The number of anilines is 1. The van der Waals surface area contributed by atoms with E-state index in [2.05, 4.69) is 15.3 Å². The van der Waals surface area contributed by atoms with Crippen molar-refractivity contribution < 1.29 is 14.3 Å². The molecular formula is C24H17Cl2N3O3. The van der Waals surface area contributed by atoms with Gasteiger partial charge in [0.25, 0.3) is 5.91 Å². The van der Waals surface area contributed by atoms with Crippen LogP contribution in [0.5, 0.6) is 0 Å². The number of esters is 1. The van der Waals surface area contributed by atoms with E-state index in [0.29, 0.717) is 43.6 Å². The lowest BCUT2D eigenvalue weighted by Crippen LogP contribution is -2.30. The van der Waals surface area contributed by atoms with E-state index in [-0.39, 0.29) is 0 Å². The molecule has 6 nitrogen and oxygen atoms in total. The van der Waals surface area contributed by atoms with Gasteiger partial charge in [-0.05, 0) is 49.4 Å². The fourth-order valence-electron chi connectivity index (χ4n) is 3.14. The lowest BCUT2D eigenvalue weighted by Gasteiger charge is -2.15. The molecule has 0 aliphatic heterocycles. The van der Waals surface area contributed by atoms with E-state index < -0.39 is 18.0 Å². The van der Waals surface area contributed by atoms with Crippen molar-refractivity contribution in [1.29, 1.82) is 0 Å². The van der Waals surface area contributed by atoms with Gasteiger partial charge in [0.15, 0.2) is 6.10 Å². The minimum absolute atomic E-state index is 0.293. The minimum Gasteiger partial charge on any atom is -0.449 e. The molecule has 0 spiro atoms. The Bertz CT molecular complexity index is 1290. The summed E-state index contributed by atoms with van der Waals surface area (Å²) in [7, 11) is 0. The van der Waals surface area contributed by atoms with E-state index in [1.807, 2.05) is 12.1 Å². The Morgan fingerprint density at radius 3 is 2.38 bits per heavy atom. The molecule has 4 aromatic rings. The number of carbonyl (C=O) groups excluding carboxylic acids is 2. The summed E-state index contributed by atoms with van der Waals surface area (Å²) in [5, 5.41) is 4.02. The number of pyridine rings is 2. The van der Waals surface area contributed by atoms with Gasteiger partial charge in [-0.2, -0.15) is 0 Å². The molecule has 1 N–H and O–H groups in total. The van der Waals surface area contributed by atoms with Gasteiger partial charge in [0.05, 0.1) is 22.5 Å². The smallest absolute Gasteiger partial charge is 0.339 e. The fourth-order valence-corrected chi connectivity index (χ4v) is 3.66. The van der Waals surface area contributed by atoms with Crippen molar-refractivity contribution in [3.63, 3.8) is 0 Å². The van der Waals surface area contributed by atoms with Crippen LogP contribution in [0.25, 0.3) is 22.3 Å². The number of benzene rings is 2. The molecule has 1 unspecified atom stereocenters. The second-order valence-corrected chi connectivity index (χ2v) is 7.85. The van der Waals surface area contributed by atoms with E-state index in [1.165, 1.54) is 6.92 Å². The molecule has 1 atom stereocenters. The molecule has 0 bridgehead atoms. The normalized spacial score (nSPS) is 11.7. The molecule has 0 saturated carbocycles. The van der Waals surface area contributed by atoms with E-state index in [0.717, 1.165) is 0 Å². The Morgan fingerprint density at radius 2 is 1.66 bits per heavy atom. The molecule has 32 heavy (non-hydrogen) atoms. The third kappa shape index (κ3) is 4.88. The van der Waals surface area contributed by atoms with E-state index in [4.69, 9.17) is 27.9 Å². The summed E-state index contributed by atoms with van der Waals surface area (Å²) in [6.07, 6.45) is 0.587. The van der Waals surface area contributed by atoms with Crippen LogP contribution in [0.3, 0.4) is 0 Å². The van der Waals surface area contributed by atoms with Gasteiger partial charge in [-0.1, -0.05) is 47.5 Å². The molecule has 0 saturated heterocycles. The number of ether oxygens (including phenoxy) is 1. The van der Waals surface area contributed by atoms with E-state index in [9.17, 15) is 9.59 Å². The maximum absolute atomic E-state index is 13.0. The Kier molecular flexibility index (Phi) is 6.35. The Morgan fingerprint density at radius 1 is 0.938 bits per heavy atom. The number of hydrogen-bond donors (Lipinski definition) is 1. The first-order valence-corrected chi connectivity index (χ1v) is 10.5. The SMILES string of the molecule is CC(OC(=O)c1cc(-c2ccccn2)nc2ccccc12)C(=O)Nc1cc(Cl)cc(Cl)c1. The number of nitrogens with one attached hydrogen (secondary N) is 1.